The van der Waals surface area contributed by atoms with Gasteiger partial charge < -0.3 is 15.1 Å². The van der Waals surface area contributed by atoms with E-state index in [9.17, 15) is 22.8 Å². The lowest BCUT2D eigenvalue weighted by molar-refractivity contribution is -0.324. The van der Waals surface area contributed by atoms with Crippen LogP contribution in [0.4, 0.5) is 18.0 Å². The molecule has 0 aromatic heterocycles. The van der Waals surface area contributed by atoms with Gasteiger partial charge in [-0.05, 0) is 101 Å². The summed E-state index contributed by atoms with van der Waals surface area (Å²) in [7, 11) is 3.89. The number of nitrogens with zero attached hydrogens (tertiary/aromatic N) is 3. The summed E-state index contributed by atoms with van der Waals surface area (Å²) in [5, 5.41) is 7.46. The van der Waals surface area contributed by atoms with E-state index in [0.717, 1.165) is 57.2 Å². The number of alkyl halides is 3. The predicted octanol–water partition coefficient (Wildman–Crippen LogP) is 5.64. The molecule has 42 heavy (non-hydrogen) atoms. The van der Waals surface area contributed by atoms with Crippen molar-refractivity contribution in [2.24, 2.45) is 39.7 Å². The van der Waals surface area contributed by atoms with E-state index in [-0.39, 0.29) is 35.6 Å². The Morgan fingerprint density at radius 2 is 1.79 bits per heavy atom. The monoisotopic (exact) mass is 598 g/mol. The van der Waals surface area contributed by atoms with Crippen LogP contribution in [0.5, 0.6) is 0 Å². The fraction of sp³-hybridized carbons (Fsp3) is 0.839. The van der Waals surface area contributed by atoms with Gasteiger partial charge in [-0.2, -0.15) is 0 Å². The number of carbonyl (C=O) groups excluding carboxylic acids is 2. The van der Waals surface area contributed by atoms with Gasteiger partial charge in [0.1, 0.15) is 0 Å². The molecule has 0 heterocycles. The van der Waals surface area contributed by atoms with Crippen molar-refractivity contribution in [1.82, 2.24) is 15.1 Å². The van der Waals surface area contributed by atoms with Gasteiger partial charge in [-0.15, -0.1) is 13.2 Å². The molecule has 0 saturated heterocycles. The predicted molar refractivity (Wildman–Crippen MR) is 155 cm³/mol. The average molecular weight is 599 g/mol. The Morgan fingerprint density at radius 1 is 1.05 bits per heavy atom. The van der Waals surface area contributed by atoms with E-state index in [0.29, 0.717) is 37.3 Å². The number of ether oxygens (including phenoxy) is 1. The fourth-order valence-corrected chi connectivity index (χ4v) is 8.69. The second-order valence-electron chi connectivity index (χ2n) is 13.6. The zero-order valence-corrected chi connectivity index (χ0v) is 25.9. The number of halogens is 3. The van der Waals surface area contributed by atoms with E-state index in [4.69, 9.17) is 4.84 Å². The average Bonchev–Trinajstić information content (AvgIpc) is 3.27. The molecular formula is C31H49F3N4O4. The zero-order valence-electron chi connectivity index (χ0n) is 25.9. The number of ketones is 1. The number of allylic oxidation sites excluding steroid dienone is 1. The summed E-state index contributed by atoms with van der Waals surface area (Å²) in [6.45, 7) is 7.80. The molecule has 4 rings (SSSR count). The summed E-state index contributed by atoms with van der Waals surface area (Å²) in [5.41, 5.74) is 2.31. The normalized spacial score (nSPS) is 33.1. The van der Waals surface area contributed by atoms with Crippen LogP contribution in [0.1, 0.15) is 72.1 Å². The molecule has 0 radical (unpaired) electrons. The minimum atomic E-state index is -4.76. The van der Waals surface area contributed by atoms with Crippen molar-refractivity contribution in [3.05, 3.63) is 11.6 Å². The molecular weight excluding hydrogens is 549 g/mol. The topological polar surface area (TPSA) is 83.5 Å². The van der Waals surface area contributed by atoms with Crippen LogP contribution in [-0.2, 0) is 14.4 Å². The Balaban J connectivity index is 1.38. The summed E-state index contributed by atoms with van der Waals surface area (Å²) in [4.78, 5) is 33.6. The number of hydrogen-bond donors (Lipinski definition) is 1. The largest absolute Gasteiger partial charge is 0.522 e. The first kappa shape index (κ1) is 32.9. The Bertz CT molecular complexity index is 1050. The van der Waals surface area contributed by atoms with Gasteiger partial charge in [-0.3, -0.25) is 14.4 Å². The third kappa shape index (κ3) is 7.38. The Morgan fingerprint density at radius 3 is 2.50 bits per heavy atom. The summed E-state index contributed by atoms with van der Waals surface area (Å²) in [6, 6.07) is 0. The molecule has 0 bridgehead atoms. The van der Waals surface area contributed by atoms with Crippen LogP contribution in [0.2, 0.25) is 0 Å². The number of likely N-dealkylation sites (N-methyl/N-ethyl adjacent to an activating group) is 1. The molecule has 1 N–H and O–H groups in total. The fourth-order valence-electron chi connectivity index (χ4n) is 8.69. The maximum atomic E-state index is 12.9. The van der Waals surface area contributed by atoms with Gasteiger partial charge >= 0.3 is 12.5 Å². The van der Waals surface area contributed by atoms with Crippen molar-refractivity contribution in [3.8, 4) is 0 Å². The van der Waals surface area contributed by atoms with Crippen LogP contribution in [0, 0.1) is 34.5 Å². The minimum absolute atomic E-state index is 0.0554. The Hall–Kier alpha value is -1.98. The standard InChI is InChI=1S/C31H49F3N4O4/c1-21(36-42-28(40)38(18-19-41-31(32,33)34)17-15-35-14-16-37(4)5)25-8-9-26-24-7-6-22-20-23(39)10-12-29(22,2)27(24)11-13-30(25,26)3/h20,24-27,35H,6-19H2,1-5H3/b36-21+/t24-,25+,26-,27-,29-,30+/m0/s1. The van der Waals surface area contributed by atoms with E-state index in [2.05, 4.69) is 29.1 Å². The third-order valence-electron chi connectivity index (χ3n) is 10.9. The molecule has 0 spiro atoms. The van der Waals surface area contributed by atoms with Gasteiger partial charge in [0.2, 0.25) is 0 Å². The molecule has 3 saturated carbocycles. The molecule has 11 heteroatoms. The highest BCUT2D eigenvalue weighted by atomic mass is 19.4. The first-order valence-corrected chi connectivity index (χ1v) is 15.5. The molecule has 0 aromatic rings. The number of oxime groups is 1. The van der Waals surface area contributed by atoms with Crippen LogP contribution in [-0.4, -0.2) is 87.2 Å². The lowest BCUT2D eigenvalue weighted by Gasteiger charge is -2.58. The first-order valence-electron chi connectivity index (χ1n) is 15.5. The molecule has 8 nitrogen and oxygen atoms in total. The van der Waals surface area contributed by atoms with Gasteiger partial charge in [0, 0.05) is 45.1 Å². The number of carbonyl (C=O) groups is 2. The number of nitrogens with one attached hydrogen (secondary N) is 1. The van der Waals surface area contributed by atoms with E-state index in [1.165, 1.54) is 10.5 Å². The van der Waals surface area contributed by atoms with Gasteiger partial charge in [-0.1, -0.05) is 24.6 Å². The van der Waals surface area contributed by atoms with Crippen LogP contribution < -0.4 is 5.32 Å². The van der Waals surface area contributed by atoms with Gasteiger partial charge in [0.05, 0.1) is 12.3 Å². The van der Waals surface area contributed by atoms with E-state index < -0.39 is 19.1 Å². The summed E-state index contributed by atoms with van der Waals surface area (Å²) < 4.78 is 41.5. The molecule has 0 aromatic carbocycles. The highest BCUT2D eigenvalue weighted by molar-refractivity contribution is 5.91. The van der Waals surface area contributed by atoms with Gasteiger partial charge in [0.15, 0.2) is 5.78 Å². The quantitative estimate of drug-likeness (QED) is 0.144. The number of rotatable bonds is 11. The summed E-state index contributed by atoms with van der Waals surface area (Å²) in [6.07, 6.45) is 4.41. The lowest BCUT2D eigenvalue weighted by atomic mass is 9.46. The second kappa shape index (κ2) is 13.3. The molecule has 238 valence electrons. The van der Waals surface area contributed by atoms with Crippen LogP contribution >= 0.6 is 0 Å². The molecule has 0 unspecified atom stereocenters. The molecule has 4 aliphatic carbocycles. The van der Waals surface area contributed by atoms with Crippen LogP contribution in [0.3, 0.4) is 0 Å². The highest BCUT2D eigenvalue weighted by Gasteiger charge is 2.59. The van der Waals surface area contributed by atoms with E-state index in [1.807, 2.05) is 32.0 Å². The Kier molecular flexibility index (Phi) is 10.5. The number of fused-ring (bicyclic) bond motifs is 5. The summed E-state index contributed by atoms with van der Waals surface area (Å²) >= 11 is 0. The SMILES string of the molecule is C/C(=N\OC(=O)N(CCNCCN(C)C)CCOC(F)(F)F)[C@H]1CC[C@H]2[C@@H]3CCC4=CC(=O)CC[C@]4(C)[C@H]3CC[C@]12C. The smallest absolute Gasteiger partial charge is 0.314 e. The first-order chi connectivity index (χ1) is 19.7. The number of hydrogen-bond acceptors (Lipinski definition) is 7. The highest BCUT2D eigenvalue weighted by Crippen LogP contribution is 2.66. The van der Waals surface area contributed by atoms with Crippen molar-refractivity contribution in [2.45, 2.75) is 78.5 Å². The maximum Gasteiger partial charge on any atom is 0.522 e. The molecule has 3 fully saturated rings. The third-order valence-corrected chi connectivity index (χ3v) is 10.9. The van der Waals surface area contributed by atoms with Gasteiger partial charge in [-0.25, -0.2) is 4.79 Å². The van der Waals surface area contributed by atoms with Crippen molar-refractivity contribution < 1.29 is 32.3 Å². The number of amides is 1. The minimum Gasteiger partial charge on any atom is -0.314 e. The maximum absolute atomic E-state index is 12.9. The molecule has 1 amide bonds. The molecule has 0 aliphatic heterocycles. The second-order valence-corrected chi connectivity index (χ2v) is 13.6. The zero-order chi connectivity index (χ0) is 30.7. The van der Waals surface area contributed by atoms with Crippen LogP contribution in [0.15, 0.2) is 16.8 Å². The lowest BCUT2D eigenvalue weighted by Crippen LogP contribution is -2.51. The van der Waals surface area contributed by atoms with Crippen molar-refractivity contribution >= 4 is 17.6 Å². The van der Waals surface area contributed by atoms with Gasteiger partial charge in [0.25, 0.3) is 0 Å². The molecule has 6 atom stereocenters. The molecule has 4 aliphatic rings. The Labute approximate surface area is 248 Å². The van der Waals surface area contributed by atoms with E-state index in [1.54, 1.807) is 0 Å². The van der Waals surface area contributed by atoms with E-state index >= 15 is 0 Å². The van der Waals surface area contributed by atoms with Crippen molar-refractivity contribution in [1.29, 1.82) is 0 Å². The van der Waals surface area contributed by atoms with Crippen molar-refractivity contribution in [3.63, 3.8) is 0 Å². The summed E-state index contributed by atoms with van der Waals surface area (Å²) in [5.74, 6) is 2.22. The van der Waals surface area contributed by atoms with Crippen LogP contribution in [0.25, 0.3) is 0 Å². The van der Waals surface area contributed by atoms with Crippen molar-refractivity contribution in [2.75, 3.05) is 53.4 Å².